The van der Waals surface area contributed by atoms with E-state index in [1.54, 1.807) is 0 Å². The summed E-state index contributed by atoms with van der Waals surface area (Å²) in [5, 5.41) is 15.9. The minimum absolute atomic E-state index is 0.317. The fourth-order valence-corrected chi connectivity index (χ4v) is 3.35. The molecule has 1 fully saturated rings. The topological polar surface area (TPSA) is 55.6 Å². The summed E-state index contributed by atoms with van der Waals surface area (Å²) in [4.78, 5) is 0. The van der Waals surface area contributed by atoms with Gasteiger partial charge in [0.1, 0.15) is 0 Å². The van der Waals surface area contributed by atoms with Gasteiger partial charge >= 0.3 is 0 Å². The van der Waals surface area contributed by atoms with Crippen molar-refractivity contribution in [2.75, 3.05) is 13.1 Å². The Morgan fingerprint density at radius 3 is 2.67 bits per heavy atom. The van der Waals surface area contributed by atoms with Gasteiger partial charge < -0.3 is 5.32 Å². The van der Waals surface area contributed by atoms with Crippen LogP contribution >= 0.6 is 0 Å². The van der Waals surface area contributed by atoms with Crippen LogP contribution in [0.25, 0.3) is 5.69 Å². The molecule has 5 heteroatoms. The molecule has 0 aliphatic heterocycles. The van der Waals surface area contributed by atoms with Gasteiger partial charge in [-0.25, -0.2) is 0 Å². The molecule has 1 aliphatic carbocycles. The average Bonchev–Trinajstić information content (AvgIpc) is 3.17. The van der Waals surface area contributed by atoms with Crippen molar-refractivity contribution in [2.45, 2.75) is 39.0 Å². The van der Waals surface area contributed by atoms with E-state index in [1.807, 2.05) is 35.0 Å². The van der Waals surface area contributed by atoms with Gasteiger partial charge in [-0.2, -0.15) is 4.68 Å². The third-order valence-electron chi connectivity index (χ3n) is 4.48. The van der Waals surface area contributed by atoms with E-state index in [-0.39, 0.29) is 0 Å². The first kappa shape index (κ1) is 14.2. The summed E-state index contributed by atoms with van der Waals surface area (Å²) < 4.78 is 1.88. The first-order chi connectivity index (χ1) is 10.3. The van der Waals surface area contributed by atoms with Crippen molar-refractivity contribution in [2.24, 2.45) is 5.41 Å². The molecule has 0 saturated heterocycles. The van der Waals surface area contributed by atoms with Gasteiger partial charge in [-0.05, 0) is 47.4 Å². The Morgan fingerprint density at radius 2 is 1.95 bits per heavy atom. The van der Waals surface area contributed by atoms with Gasteiger partial charge in [-0.1, -0.05) is 38.0 Å². The second kappa shape index (κ2) is 6.35. The highest BCUT2D eigenvalue weighted by atomic mass is 15.5. The zero-order valence-electron chi connectivity index (χ0n) is 12.6. The predicted molar refractivity (Wildman–Crippen MR) is 82.3 cm³/mol. The lowest BCUT2D eigenvalue weighted by Crippen LogP contribution is -2.34. The molecule has 1 aliphatic rings. The highest BCUT2D eigenvalue weighted by Gasteiger charge is 2.35. The minimum atomic E-state index is 0.317. The summed E-state index contributed by atoms with van der Waals surface area (Å²) >= 11 is 0. The first-order valence-corrected chi connectivity index (χ1v) is 7.86. The Hall–Kier alpha value is -1.75. The molecule has 5 nitrogen and oxygen atoms in total. The highest BCUT2D eigenvalue weighted by molar-refractivity contribution is 5.30. The maximum absolute atomic E-state index is 4.28. The second-order valence-corrected chi connectivity index (χ2v) is 6.01. The molecule has 21 heavy (non-hydrogen) atoms. The molecule has 112 valence electrons. The normalized spacial score (nSPS) is 17.2. The van der Waals surface area contributed by atoms with Crippen LogP contribution in [0.5, 0.6) is 0 Å². The Labute approximate surface area is 125 Å². The van der Waals surface area contributed by atoms with Gasteiger partial charge in [0.05, 0.1) is 5.69 Å². The third kappa shape index (κ3) is 3.13. The molecular formula is C16H23N5. The zero-order valence-corrected chi connectivity index (χ0v) is 12.6. The summed E-state index contributed by atoms with van der Waals surface area (Å²) in [6.45, 7) is 4.24. The van der Waals surface area contributed by atoms with E-state index < -0.39 is 0 Å². The predicted octanol–water partition coefficient (Wildman–Crippen LogP) is 2.37. The van der Waals surface area contributed by atoms with Crippen molar-refractivity contribution in [1.29, 1.82) is 0 Å². The van der Waals surface area contributed by atoms with Crippen molar-refractivity contribution >= 4 is 0 Å². The molecule has 0 atom stereocenters. The summed E-state index contributed by atoms with van der Waals surface area (Å²) in [5.41, 5.74) is 1.35. The number of para-hydroxylation sites is 1. The summed E-state index contributed by atoms with van der Waals surface area (Å²) in [6, 6.07) is 10.1. The van der Waals surface area contributed by atoms with Crippen LogP contribution in [0.4, 0.5) is 0 Å². The van der Waals surface area contributed by atoms with Crippen LogP contribution in [0, 0.1) is 5.41 Å². The molecule has 1 heterocycles. The summed E-state index contributed by atoms with van der Waals surface area (Å²) in [5.74, 6) is 0.973. The number of nitrogens with one attached hydrogen (secondary N) is 1. The molecule has 3 rings (SSSR count). The van der Waals surface area contributed by atoms with Crippen LogP contribution < -0.4 is 5.32 Å². The Morgan fingerprint density at radius 1 is 1.19 bits per heavy atom. The molecule has 2 aromatic rings. The van der Waals surface area contributed by atoms with Crippen molar-refractivity contribution in [3.8, 4) is 5.69 Å². The smallest absolute Gasteiger partial charge is 0.157 e. The van der Waals surface area contributed by atoms with Crippen molar-refractivity contribution in [1.82, 2.24) is 25.5 Å². The number of hydrogen-bond acceptors (Lipinski definition) is 4. The lowest BCUT2D eigenvalue weighted by atomic mass is 9.82. The fourth-order valence-electron chi connectivity index (χ4n) is 3.35. The van der Waals surface area contributed by atoms with Gasteiger partial charge in [0.25, 0.3) is 0 Å². The largest absolute Gasteiger partial charge is 0.316 e. The third-order valence-corrected chi connectivity index (χ3v) is 4.48. The number of tetrazole rings is 1. The Balaban J connectivity index is 1.83. The van der Waals surface area contributed by atoms with Gasteiger partial charge in [0.2, 0.25) is 0 Å². The van der Waals surface area contributed by atoms with E-state index in [0.717, 1.165) is 31.0 Å². The van der Waals surface area contributed by atoms with Crippen LogP contribution in [-0.2, 0) is 6.42 Å². The van der Waals surface area contributed by atoms with Crippen LogP contribution in [0.15, 0.2) is 30.3 Å². The SMILES string of the molecule is CCNCC1(Cc2nnnn2-c2ccccc2)CCCC1. The summed E-state index contributed by atoms with van der Waals surface area (Å²) in [7, 11) is 0. The minimum Gasteiger partial charge on any atom is -0.316 e. The fraction of sp³-hybridized carbons (Fsp3) is 0.562. The molecule has 0 spiro atoms. The molecule has 0 unspecified atom stereocenters. The molecular weight excluding hydrogens is 262 g/mol. The van der Waals surface area contributed by atoms with Gasteiger partial charge in [0.15, 0.2) is 5.82 Å². The quantitative estimate of drug-likeness (QED) is 0.885. The van der Waals surface area contributed by atoms with E-state index in [0.29, 0.717) is 5.41 Å². The molecule has 0 radical (unpaired) electrons. The molecule has 0 bridgehead atoms. The van der Waals surface area contributed by atoms with Gasteiger partial charge in [-0.3, -0.25) is 0 Å². The van der Waals surface area contributed by atoms with Gasteiger partial charge in [0, 0.05) is 13.0 Å². The molecule has 1 aromatic carbocycles. The maximum atomic E-state index is 4.28. The highest BCUT2D eigenvalue weighted by Crippen LogP contribution is 2.40. The van der Waals surface area contributed by atoms with Crippen LogP contribution in [0.3, 0.4) is 0 Å². The maximum Gasteiger partial charge on any atom is 0.157 e. The van der Waals surface area contributed by atoms with Crippen LogP contribution in [0.2, 0.25) is 0 Å². The first-order valence-electron chi connectivity index (χ1n) is 7.86. The van der Waals surface area contributed by atoms with Crippen molar-refractivity contribution < 1.29 is 0 Å². The number of aromatic nitrogens is 4. The average molecular weight is 285 g/mol. The van der Waals surface area contributed by atoms with Crippen LogP contribution in [-0.4, -0.2) is 33.3 Å². The van der Waals surface area contributed by atoms with E-state index >= 15 is 0 Å². The van der Waals surface area contributed by atoms with Crippen molar-refractivity contribution in [3.63, 3.8) is 0 Å². The number of rotatable bonds is 6. The molecule has 0 amide bonds. The standard InChI is InChI=1S/C16H23N5/c1-2-17-13-16(10-6-7-11-16)12-15-18-19-20-21(15)14-8-4-3-5-9-14/h3-5,8-9,17H,2,6-7,10-13H2,1H3. The number of nitrogens with zero attached hydrogens (tertiary/aromatic N) is 4. The second-order valence-electron chi connectivity index (χ2n) is 6.01. The van der Waals surface area contributed by atoms with E-state index in [2.05, 4.69) is 27.8 Å². The van der Waals surface area contributed by atoms with E-state index in [4.69, 9.17) is 0 Å². The monoisotopic (exact) mass is 285 g/mol. The lowest BCUT2D eigenvalue weighted by molar-refractivity contribution is 0.272. The van der Waals surface area contributed by atoms with E-state index in [9.17, 15) is 0 Å². The molecule has 1 N–H and O–H groups in total. The Bertz CT molecular complexity index is 557. The Kier molecular flexibility index (Phi) is 4.29. The molecule has 1 aromatic heterocycles. The van der Waals surface area contributed by atoms with Crippen molar-refractivity contribution in [3.05, 3.63) is 36.2 Å². The number of benzene rings is 1. The van der Waals surface area contributed by atoms with Gasteiger partial charge in [-0.15, -0.1) is 5.10 Å². The molecule has 1 saturated carbocycles. The number of hydrogen-bond donors (Lipinski definition) is 1. The lowest BCUT2D eigenvalue weighted by Gasteiger charge is -2.28. The van der Waals surface area contributed by atoms with Crippen LogP contribution in [0.1, 0.15) is 38.4 Å². The van der Waals surface area contributed by atoms with E-state index in [1.165, 1.54) is 25.7 Å². The zero-order chi connectivity index (χ0) is 14.5. The summed E-state index contributed by atoms with van der Waals surface area (Å²) in [6.07, 6.45) is 6.11.